The van der Waals surface area contributed by atoms with Crippen LogP contribution in [0.3, 0.4) is 0 Å². The first-order valence-electron chi connectivity index (χ1n) is 5.58. The highest BCUT2D eigenvalue weighted by Crippen LogP contribution is 2.22. The van der Waals surface area contributed by atoms with Crippen LogP contribution in [0.1, 0.15) is 38.8 Å². The molecule has 1 aromatic rings. The van der Waals surface area contributed by atoms with E-state index in [4.69, 9.17) is 15.6 Å². The molecule has 0 saturated carbocycles. The zero-order chi connectivity index (χ0) is 12.2. The summed E-state index contributed by atoms with van der Waals surface area (Å²) < 4.78 is 5.75. The van der Waals surface area contributed by atoms with Gasteiger partial charge in [0.05, 0.1) is 0 Å². The summed E-state index contributed by atoms with van der Waals surface area (Å²) in [5.41, 5.74) is 6.71. The van der Waals surface area contributed by atoms with E-state index in [1.165, 1.54) is 0 Å². The summed E-state index contributed by atoms with van der Waals surface area (Å²) in [6.45, 7) is 6.12. The molecule has 0 saturated heterocycles. The van der Waals surface area contributed by atoms with Crippen molar-refractivity contribution in [2.45, 2.75) is 38.8 Å². The fourth-order valence-electron chi connectivity index (χ4n) is 1.47. The molecule has 0 spiro atoms. The smallest absolute Gasteiger partial charge is 0.120 e. The van der Waals surface area contributed by atoms with Gasteiger partial charge >= 0.3 is 0 Å². The zero-order valence-electron chi connectivity index (χ0n) is 10.2. The summed E-state index contributed by atoms with van der Waals surface area (Å²) in [7, 11) is 0. The molecule has 1 unspecified atom stereocenters. The molecule has 0 aliphatic rings. The monoisotopic (exact) mass is 223 g/mol. The summed E-state index contributed by atoms with van der Waals surface area (Å²) in [4.78, 5) is 0. The summed E-state index contributed by atoms with van der Waals surface area (Å²) in [6.07, 6.45) is 0.568. The lowest BCUT2D eigenvalue weighted by Gasteiger charge is -2.22. The zero-order valence-corrected chi connectivity index (χ0v) is 10.2. The predicted octanol–water partition coefficient (Wildman–Crippen LogP) is 2.25. The largest absolute Gasteiger partial charge is 0.488 e. The van der Waals surface area contributed by atoms with Crippen molar-refractivity contribution in [3.05, 3.63) is 29.8 Å². The second-order valence-corrected chi connectivity index (χ2v) is 4.91. The second kappa shape index (κ2) is 5.32. The van der Waals surface area contributed by atoms with E-state index >= 15 is 0 Å². The van der Waals surface area contributed by atoms with E-state index in [-0.39, 0.29) is 18.2 Å². The summed E-state index contributed by atoms with van der Waals surface area (Å²) in [6, 6.07) is 7.60. The van der Waals surface area contributed by atoms with Crippen molar-refractivity contribution in [3.63, 3.8) is 0 Å². The summed E-state index contributed by atoms with van der Waals surface area (Å²) in [5, 5.41) is 8.84. The van der Waals surface area contributed by atoms with E-state index in [9.17, 15) is 0 Å². The molecule has 0 amide bonds. The number of nitrogens with two attached hydrogens (primary N) is 1. The standard InChI is InChI=1S/C13H21NO2/c1-13(2,3)16-11-6-4-5-10(9-11)12(14)7-8-15/h4-6,9,12,15H,7-8,14H2,1-3H3. The van der Waals surface area contributed by atoms with Gasteiger partial charge in [0.15, 0.2) is 0 Å². The molecule has 0 aliphatic carbocycles. The van der Waals surface area contributed by atoms with Gasteiger partial charge in [-0.1, -0.05) is 12.1 Å². The number of benzene rings is 1. The van der Waals surface area contributed by atoms with E-state index in [0.717, 1.165) is 11.3 Å². The van der Waals surface area contributed by atoms with Gasteiger partial charge in [0, 0.05) is 12.6 Å². The van der Waals surface area contributed by atoms with Gasteiger partial charge in [0.2, 0.25) is 0 Å². The van der Waals surface area contributed by atoms with Crippen molar-refractivity contribution in [2.75, 3.05) is 6.61 Å². The third-order valence-corrected chi connectivity index (χ3v) is 2.15. The maximum absolute atomic E-state index is 8.84. The molecule has 16 heavy (non-hydrogen) atoms. The van der Waals surface area contributed by atoms with E-state index in [1.807, 2.05) is 45.0 Å². The van der Waals surface area contributed by atoms with Crippen LogP contribution in [0.25, 0.3) is 0 Å². The van der Waals surface area contributed by atoms with Gasteiger partial charge < -0.3 is 15.6 Å². The van der Waals surface area contributed by atoms with Crippen LogP contribution in [-0.2, 0) is 0 Å². The number of aliphatic hydroxyl groups is 1. The van der Waals surface area contributed by atoms with Crippen LogP contribution in [0.4, 0.5) is 0 Å². The van der Waals surface area contributed by atoms with Gasteiger partial charge in [-0.15, -0.1) is 0 Å². The molecular formula is C13H21NO2. The first kappa shape index (κ1) is 13.0. The number of hydrogen-bond donors (Lipinski definition) is 2. The van der Waals surface area contributed by atoms with Crippen molar-refractivity contribution in [1.29, 1.82) is 0 Å². The Morgan fingerprint density at radius 1 is 1.38 bits per heavy atom. The number of aliphatic hydroxyl groups excluding tert-OH is 1. The number of ether oxygens (including phenoxy) is 1. The van der Waals surface area contributed by atoms with Gasteiger partial charge in [0.25, 0.3) is 0 Å². The third-order valence-electron chi connectivity index (χ3n) is 2.15. The maximum Gasteiger partial charge on any atom is 0.120 e. The Balaban J connectivity index is 2.78. The van der Waals surface area contributed by atoms with Crippen molar-refractivity contribution < 1.29 is 9.84 Å². The first-order chi connectivity index (χ1) is 7.42. The minimum absolute atomic E-state index is 0.103. The summed E-state index contributed by atoms with van der Waals surface area (Å²) >= 11 is 0. The van der Waals surface area contributed by atoms with Crippen LogP contribution in [0.5, 0.6) is 5.75 Å². The molecule has 0 bridgehead atoms. The molecule has 0 aromatic heterocycles. The lowest BCUT2D eigenvalue weighted by atomic mass is 10.0. The van der Waals surface area contributed by atoms with Gasteiger partial charge in [-0.05, 0) is 44.9 Å². The molecule has 0 radical (unpaired) electrons. The molecule has 3 heteroatoms. The van der Waals surface area contributed by atoms with Crippen LogP contribution in [0, 0.1) is 0 Å². The highest BCUT2D eigenvalue weighted by atomic mass is 16.5. The minimum atomic E-state index is -0.209. The predicted molar refractivity (Wildman–Crippen MR) is 65.5 cm³/mol. The molecular weight excluding hydrogens is 202 g/mol. The molecule has 1 aromatic carbocycles. The Hall–Kier alpha value is -1.06. The Labute approximate surface area is 97.2 Å². The lowest BCUT2D eigenvalue weighted by Crippen LogP contribution is -2.23. The number of rotatable bonds is 4. The average Bonchev–Trinajstić information content (AvgIpc) is 2.16. The van der Waals surface area contributed by atoms with E-state index in [1.54, 1.807) is 0 Å². The average molecular weight is 223 g/mol. The normalized spacial score (nSPS) is 13.6. The SMILES string of the molecule is CC(C)(C)Oc1cccc(C(N)CCO)c1. The van der Waals surface area contributed by atoms with E-state index in [2.05, 4.69) is 0 Å². The first-order valence-corrected chi connectivity index (χ1v) is 5.58. The van der Waals surface area contributed by atoms with E-state index < -0.39 is 0 Å². The molecule has 3 nitrogen and oxygen atoms in total. The van der Waals surface area contributed by atoms with Gasteiger partial charge in [0.1, 0.15) is 11.4 Å². The van der Waals surface area contributed by atoms with Crippen molar-refractivity contribution in [2.24, 2.45) is 5.73 Å². The highest BCUT2D eigenvalue weighted by molar-refractivity contribution is 5.30. The quantitative estimate of drug-likeness (QED) is 0.823. The minimum Gasteiger partial charge on any atom is -0.488 e. The topological polar surface area (TPSA) is 55.5 Å². The Kier molecular flexibility index (Phi) is 4.33. The van der Waals surface area contributed by atoms with Crippen LogP contribution in [-0.4, -0.2) is 17.3 Å². The van der Waals surface area contributed by atoms with Crippen molar-refractivity contribution in [3.8, 4) is 5.75 Å². The Bertz CT molecular complexity index is 331. The van der Waals surface area contributed by atoms with Gasteiger partial charge in [-0.2, -0.15) is 0 Å². The third kappa shape index (κ3) is 4.21. The maximum atomic E-state index is 8.84. The second-order valence-electron chi connectivity index (χ2n) is 4.91. The van der Waals surface area contributed by atoms with Gasteiger partial charge in [-0.25, -0.2) is 0 Å². The fourth-order valence-corrected chi connectivity index (χ4v) is 1.47. The summed E-state index contributed by atoms with van der Waals surface area (Å²) in [5.74, 6) is 0.818. The molecule has 1 rings (SSSR count). The van der Waals surface area contributed by atoms with Crippen molar-refractivity contribution >= 4 is 0 Å². The Morgan fingerprint density at radius 2 is 2.06 bits per heavy atom. The van der Waals surface area contributed by atoms with Crippen LogP contribution >= 0.6 is 0 Å². The van der Waals surface area contributed by atoms with E-state index in [0.29, 0.717) is 6.42 Å². The molecule has 0 fully saturated rings. The van der Waals surface area contributed by atoms with Crippen molar-refractivity contribution in [1.82, 2.24) is 0 Å². The van der Waals surface area contributed by atoms with Crippen LogP contribution in [0.2, 0.25) is 0 Å². The molecule has 3 N–H and O–H groups in total. The van der Waals surface area contributed by atoms with Crippen LogP contribution < -0.4 is 10.5 Å². The molecule has 0 heterocycles. The molecule has 0 aliphatic heterocycles. The highest BCUT2D eigenvalue weighted by Gasteiger charge is 2.13. The fraction of sp³-hybridized carbons (Fsp3) is 0.538. The lowest BCUT2D eigenvalue weighted by molar-refractivity contribution is 0.130. The Morgan fingerprint density at radius 3 is 2.62 bits per heavy atom. The number of hydrogen-bond acceptors (Lipinski definition) is 3. The molecule has 1 atom stereocenters. The van der Waals surface area contributed by atoms with Gasteiger partial charge in [-0.3, -0.25) is 0 Å². The molecule has 90 valence electrons. The van der Waals surface area contributed by atoms with Crippen LogP contribution in [0.15, 0.2) is 24.3 Å².